The van der Waals surface area contributed by atoms with Crippen LogP contribution in [0.1, 0.15) is 15.9 Å². The quantitative estimate of drug-likeness (QED) is 0.310. The molecule has 4 rings (SSSR count). The summed E-state index contributed by atoms with van der Waals surface area (Å²) < 4.78 is 33.5. The van der Waals surface area contributed by atoms with Crippen molar-refractivity contribution in [2.45, 2.75) is 17.4 Å². The smallest absolute Gasteiger partial charge is 0.255 e. The monoisotopic (exact) mass is 514 g/mol. The van der Waals surface area contributed by atoms with Crippen molar-refractivity contribution in [3.63, 3.8) is 0 Å². The van der Waals surface area contributed by atoms with Gasteiger partial charge < -0.3 is 10.1 Å². The highest BCUT2D eigenvalue weighted by atomic mass is 32.2. The highest BCUT2D eigenvalue weighted by Crippen LogP contribution is 2.25. The van der Waals surface area contributed by atoms with Crippen LogP contribution in [0.5, 0.6) is 11.5 Å². The van der Waals surface area contributed by atoms with E-state index in [2.05, 4.69) is 10.0 Å². The number of Topliss-reactive ketones (excluding diaryl/α,β-unsaturated/α-hetero) is 1. The normalized spacial score (nSPS) is 11.9. The Labute approximate surface area is 216 Å². The molecule has 8 heteroatoms. The molecular weight excluding hydrogens is 488 g/mol. The largest absolute Gasteiger partial charge is 0.457 e. The molecule has 4 aromatic rings. The lowest BCUT2D eigenvalue weighted by Crippen LogP contribution is -2.46. The molecule has 0 aromatic heterocycles. The molecule has 1 atom stereocenters. The Morgan fingerprint density at radius 3 is 1.97 bits per heavy atom. The molecular formula is C29H26N2O5S. The number of nitrogens with one attached hydrogen (secondary N) is 2. The molecule has 0 fully saturated rings. The molecule has 0 bridgehead atoms. The van der Waals surface area contributed by atoms with Crippen LogP contribution < -0.4 is 14.8 Å². The molecule has 0 saturated carbocycles. The minimum atomic E-state index is -3.89. The van der Waals surface area contributed by atoms with Gasteiger partial charge in [0.25, 0.3) is 5.91 Å². The summed E-state index contributed by atoms with van der Waals surface area (Å²) in [6.07, 6.45) is 0.195. The molecule has 0 unspecified atom stereocenters. The summed E-state index contributed by atoms with van der Waals surface area (Å²) in [5, 5.41) is 2.78. The summed E-state index contributed by atoms with van der Waals surface area (Å²) >= 11 is 0. The molecule has 188 valence electrons. The van der Waals surface area contributed by atoms with E-state index in [1.54, 1.807) is 54.6 Å². The van der Waals surface area contributed by atoms with Crippen molar-refractivity contribution in [1.82, 2.24) is 10.0 Å². The van der Waals surface area contributed by atoms with E-state index >= 15 is 0 Å². The van der Waals surface area contributed by atoms with Gasteiger partial charge in [-0.05, 0) is 48.4 Å². The fourth-order valence-electron chi connectivity index (χ4n) is 3.66. The van der Waals surface area contributed by atoms with Crippen LogP contribution in [0.15, 0.2) is 120 Å². The van der Waals surface area contributed by atoms with Crippen molar-refractivity contribution >= 4 is 21.7 Å². The number of hydrogen-bond acceptors (Lipinski definition) is 5. The number of carbonyl (C=O) groups is 2. The van der Waals surface area contributed by atoms with E-state index in [0.717, 1.165) is 5.56 Å². The van der Waals surface area contributed by atoms with Gasteiger partial charge in [-0.15, -0.1) is 0 Å². The minimum Gasteiger partial charge on any atom is -0.457 e. The van der Waals surface area contributed by atoms with Gasteiger partial charge in [-0.25, -0.2) is 13.1 Å². The molecule has 0 saturated heterocycles. The lowest BCUT2D eigenvalue weighted by molar-refractivity contribution is -0.119. The Morgan fingerprint density at radius 1 is 0.730 bits per heavy atom. The second kappa shape index (κ2) is 12.1. The first kappa shape index (κ1) is 25.8. The average molecular weight is 515 g/mol. The Hall–Kier alpha value is -4.27. The molecule has 0 aliphatic rings. The number of carbonyl (C=O) groups excluding carboxylic acids is 2. The van der Waals surface area contributed by atoms with Gasteiger partial charge in [-0.1, -0.05) is 78.9 Å². The van der Waals surface area contributed by atoms with Crippen molar-refractivity contribution in [2.75, 3.05) is 6.54 Å². The summed E-state index contributed by atoms with van der Waals surface area (Å²) in [6, 6.07) is 31.8. The van der Waals surface area contributed by atoms with Crippen LogP contribution in [0.2, 0.25) is 0 Å². The van der Waals surface area contributed by atoms with E-state index in [0.29, 0.717) is 11.5 Å². The highest BCUT2D eigenvalue weighted by Gasteiger charge is 2.25. The summed E-state index contributed by atoms with van der Waals surface area (Å²) in [5.74, 6) is -0.0817. The number of hydrogen-bond donors (Lipinski definition) is 2. The van der Waals surface area contributed by atoms with Crippen molar-refractivity contribution in [2.24, 2.45) is 0 Å². The standard InChI is InChI=1S/C29H26N2O5S/c32-27(21-30-37(34,35)24-16-8-3-9-17-24)26(20-22-12-4-1-5-13-22)31-29(33)25-18-10-11-19-28(25)36-23-14-6-2-7-15-23/h1-19,26,30H,20-21H2,(H,31,33)/t26-/m0/s1. The summed E-state index contributed by atoms with van der Waals surface area (Å²) in [4.78, 5) is 26.6. The third-order valence-electron chi connectivity index (χ3n) is 5.57. The SMILES string of the molecule is O=C(N[C@@H](Cc1ccccc1)C(=O)CNS(=O)(=O)c1ccccc1)c1ccccc1Oc1ccccc1. The Bertz CT molecular complexity index is 1440. The van der Waals surface area contributed by atoms with Gasteiger partial charge in [0.05, 0.1) is 23.0 Å². The number of ether oxygens (including phenoxy) is 1. The van der Waals surface area contributed by atoms with E-state index in [1.807, 2.05) is 48.5 Å². The molecule has 0 radical (unpaired) electrons. The zero-order valence-corrected chi connectivity index (χ0v) is 20.7. The third-order valence-corrected chi connectivity index (χ3v) is 6.99. The minimum absolute atomic E-state index is 0.0541. The summed E-state index contributed by atoms with van der Waals surface area (Å²) in [6.45, 7) is -0.475. The first-order chi connectivity index (χ1) is 17.9. The second-order valence-corrected chi connectivity index (χ2v) is 10.00. The number of benzene rings is 4. The lowest BCUT2D eigenvalue weighted by atomic mass is 10.0. The molecule has 37 heavy (non-hydrogen) atoms. The molecule has 7 nitrogen and oxygen atoms in total. The van der Waals surface area contributed by atoms with E-state index in [1.165, 1.54) is 12.1 Å². The Kier molecular flexibility index (Phi) is 8.45. The molecule has 2 N–H and O–H groups in total. The Morgan fingerprint density at radius 2 is 1.30 bits per heavy atom. The van der Waals surface area contributed by atoms with E-state index in [9.17, 15) is 18.0 Å². The van der Waals surface area contributed by atoms with Crippen LogP contribution in [0.25, 0.3) is 0 Å². The van der Waals surface area contributed by atoms with E-state index < -0.39 is 34.3 Å². The number of ketones is 1. The van der Waals surface area contributed by atoms with Gasteiger partial charge in [0.2, 0.25) is 10.0 Å². The van der Waals surface area contributed by atoms with Crippen LogP contribution in [0.3, 0.4) is 0 Å². The van der Waals surface area contributed by atoms with Crippen molar-refractivity contribution in [3.05, 3.63) is 126 Å². The highest BCUT2D eigenvalue weighted by molar-refractivity contribution is 7.89. The molecule has 0 aliphatic heterocycles. The van der Waals surface area contributed by atoms with Gasteiger partial charge in [-0.2, -0.15) is 0 Å². The van der Waals surface area contributed by atoms with Crippen molar-refractivity contribution in [3.8, 4) is 11.5 Å². The summed E-state index contributed by atoms with van der Waals surface area (Å²) in [7, 11) is -3.89. The molecule has 4 aromatic carbocycles. The predicted octanol–water partition coefficient (Wildman–Crippen LogP) is 4.37. The molecule has 0 spiro atoms. The topological polar surface area (TPSA) is 102 Å². The van der Waals surface area contributed by atoms with Gasteiger partial charge in [0.15, 0.2) is 5.78 Å². The van der Waals surface area contributed by atoms with Crippen LogP contribution >= 0.6 is 0 Å². The first-order valence-electron chi connectivity index (χ1n) is 11.7. The van der Waals surface area contributed by atoms with Gasteiger partial charge >= 0.3 is 0 Å². The number of sulfonamides is 1. The van der Waals surface area contributed by atoms with Crippen molar-refractivity contribution in [1.29, 1.82) is 0 Å². The maximum Gasteiger partial charge on any atom is 0.255 e. The predicted molar refractivity (Wildman–Crippen MR) is 141 cm³/mol. The average Bonchev–Trinajstić information content (AvgIpc) is 2.93. The maximum absolute atomic E-state index is 13.3. The maximum atomic E-state index is 13.3. The Balaban J connectivity index is 1.52. The molecule has 1 amide bonds. The van der Waals surface area contributed by atoms with Crippen LogP contribution in [-0.4, -0.2) is 32.7 Å². The van der Waals surface area contributed by atoms with Crippen molar-refractivity contribution < 1.29 is 22.7 Å². The second-order valence-electron chi connectivity index (χ2n) is 8.23. The van der Waals surface area contributed by atoms with Crippen LogP contribution in [0.4, 0.5) is 0 Å². The van der Waals surface area contributed by atoms with Gasteiger partial charge in [0.1, 0.15) is 11.5 Å². The van der Waals surface area contributed by atoms with Gasteiger partial charge in [-0.3, -0.25) is 9.59 Å². The number of para-hydroxylation sites is 2. The third kappa shape index (κ3) is 7.13. The number of amides is 1. The van der Waals surface area contributed by atoms with E-state index in [4.69, 9.17) is 4.74 Å². The fourth-order valence-corrected chi connectivity index (χ4v) is 4.68. The molecule has 0 aliphatic carbocycles. The van der Waals surface area contributed by atoms with E-state index in [-0.39, 0.29) is 16.9 Å². The number of rotatable bonds is 11. The van der Waals surface area contributed by atoms with Crippen LogP contribution in [0, 0.1) is 0 Å². The van der Waals surface area contributed by atoms with Gasteiger partial charge in [0, 0.05) is 0 Å². The summed E-state index contributed by atoms with van der Waals surface area (Å²) in [5.41, 5.74) is 1.07. The molecule has 0 heterocycles. The zero-order valence-electron chi connectivity index (χ0n) is 19.9. The van der Waals surface area contributed by atoms with Crippen LogP contribution in [-0.2, 0) is 21.2 Å². The lowest BCUT2D eigenvalue weighted by Gasteiger charge is -2.19. The first-order valence-corrected chi connectivity index (χ1v) is 13.1. The zero-order chi connectivity index (χ0) is 26.1. The fraction of sp³-hybridized carbons (Fsp3) is 0.103.